The van der Waals surface area contributed by atoms with Gasteiger partial charge in [0.1, 0.15) is 5.52 Å². The summed E-state index contributed by atoms with van der Waals surface area (Å²) in [5, 5.41) is 1.10. The van der Waals surface area contributed by atoms with Crippen molar-refractivity contribution in [2.75, 3.05) is 0 Å². The van der Waals surface area contributed by atoms with E-state index in [4.69, 9.17) is 19.4 Å². The number of aromatic nitrogens is 3. The van der Waals surface area contributed by atoms with Crippen molar-refractivity contribution in [1.29, 1.82) is 0 Å². The first kappa shape index (κ1) is 16.6. The molecule has 0 aliphatic rings. The number of hydrogen-bond donors (Lipinski definition) is 0. The van der Waals surface area contributed by atoms with Gasteiger partial charge in [0.2, 0.25) is 0 Å². The largest absolute Gasteiger partial charge is 0.487 e. The zero-order valence-electron chi connectivity index (χ0n) is 15.8. The van der Waals surface area contributed by atoms with Crippen LogP contribution in [0.5, 0.6) is 11.5 Å². The van der Waals surface area contributed by atoms with Crippen molar-refractivity contribution in [3.05, 3.63) is 36.4 Å². The lowest BCUT2D eigenvalue weighted by Crippen LogP contribution is -2.11. The minimum absolute atomic E-state index is 0.0520. The van der Waals surface area contributed by atoms with Crippen LogP contribution < -0.4 is 9.47 Å². The van der Waals surface area contributed by atoms with Crippen LogP contribution in [0.15, 0.2) is 36.4 Å². The molecule has 0 atom stereocenters. The summed E-state index contributed by atoms with van der Waals surface area (Å²) in [6.07, 6.45) is 0.104. The maximum Gasteiger partial charge on any atom is 0.163 e. The predicted molar refractivity (Wildman–Crippen MR) is 105 cm³/mol. The minimum Gasteiger partial charge on any atom is -0.487 e. The summed E-state index contributed by atoms with van der Waals surface area (Å²) in [7, 11) is 2.02. The molecule has 0 saturated heterocycles. The first-order valence-electron chi connectivity index (χ1n) is 8.96. The van der Waals surface area contributed by atoms with Gasteiger partial charge in [-0.1, -0.05) is 18.2 Å². The van der Waals surface area contributed by atoms with Gasteiger partial charge in [-0.3, -0.25) is 0 Å². The predicted octanol–water partition coefficient (Wildman–Crippen LogP) is 4.85. The van der Waals surface area contributed by atoms with E-state index in [0.717, 1.165) is 33.1 Å². The van der Waals surface area contributed by atoms with Crippen LogP contribution in [0.2, 0.25) is 0 Å². The van der Waals surface area contributed by atoms with Crippen molar-refractivity contribution in [1.82, 2.24) is 14.5 Å². The highest BCUT2D eigenvalue weighted by molar-refractivity contribution is 6.06. The van der Waals surface area contributed by atoms with Gasteiger partial charge >= 0.3 is 0 Å². The van der Waals surface area contributed by atoms with Gasteiger partial charge in [-0.25, -0.2) is 9.97 Å². The number of nitrogens with zero attached hydrogens (tertiary/aromatic N) is 3. The molecule has 2 aromatic carbocycles. The summed E-state index contributed by atoms with van der Waals surface area (Å²) in [6.45, 7) is 8.01. The summed E-state index contributed by atoms with van der Waals surface area (Å²) in [4.78, 5) is 9.76. The average molecular weight is 349 g/mol. The molecule has 0 amide bonds. The molecule has 4 rings (SSSR count). The summed E-state index contributed by atoms with van der Waals surface area (Å²) >= 11 is 0. The van der Waals surface area contributed by atoms with Crippen LogP contribution in [-0.4, -0.2) is 26.7 Å². The number of fused-ring (bicyclic) bond motifs is 4. The third-order valence-corrected chi connectivity index (χ3v) is 4.27. The molecule has 0 saturated carbocycles. The van der Waals surface area contributed by atoms with Gasteiger partial charge in [0.25, 0.3) is 0 Å². The van der Waals surface area contributed by atoms with Crippen molar-refractivity contribution < 1.29 is 9.47 Å². The van der Waals surface area contributed by atoms with Gasteiger partial charge in [0.05, 0.1) is 28.8 Å². The molecule has 5 nitrogen and oxygen atoms in total. The highest BCUT2D eigenvalue weighted by Gasteiger charge is 2.16. The van der Waals surface area contributed by atoms with E-state index in [0.29, 0.717) is 11.5 Å². The Morgan fingerprint density at radius 1 is 0.846 bits per heavy atom. The fourth-order valence-electron chi connectivity index (χ4n) is 3.24. The van der Waals surface area contributed by atoms with Crippen LogP contribution >= 0.6 is 0 Å². The molecule has 4 aromatic rings. The monoisotopic (exact) mass is 349 g/mol. The molecule has 0 fully saturated rings. The Bertz CT molecular complexity index is 1110. The summed E-state index contributed by atoms with van der Waals surface area (Å²) in [6, 6.07) is 12.1. The molecule has 5 heteroatoms. The Labute approximate surface area is 152 Å². The second-order valence-corrected chi connectivity index (χ2v) is 7.09. The van der Waals surface area contributed by atoms with Gasteiger partial charge in [0.15, 0.2) is 17.1 Å². The van der Waals surface area contributed by atoms with Gasteiger partial charge in [-0.15, -0.1) is 0 Å². The Morgan fingerprint density at radius 3 is 2.04 bits per heavy atom. The molecular weight excluding hydrogens is 326 g/mol. The molecule has 26 heavy (non-hydrogen) atoms. The summed E-state index contributed by atoms with van der Waals surface area (Å²) in [5.41, 5.74) is 4.50. The molecule has 2 heterocycles. The van der Waals surface area contributed by atoms with E-state index < -0.39 is 0 Å². The molecular formula is C21H23N3O2. The lowest BCUT2D eigenvalue weighted by atomic mass is 10.2. The van der Waals surface area contributed by atoms with E-state index in [1.165, 1.54) is 0 Å². The normalized spacial score (nSPS) is 12.0. The second kappa shape index (κ2) is 6.16. The van der Waals surface area contributed by atoms with E-state index in [9.17, 15) is 0 Å². The molecule has 134 valence electrons. The number of ether oxygens (including phenoxy) is 2. The fourth-order valence-corrected chi connectivity index (χ4v) is 3.24. The third-order valence-electron chi connectivity index (χ3n) is 4.27. The fraction of sp³-hybridized carbons (Fsp3) is 0.333. The number of hydrogen-bond acceptors (Lipinski definition) is 4. The van der Waals surface area contributed by atoms with Crippen LogP contribution in [0.3, 0.4) is 0 Å². The van der Waals surface area contributed by atoms with Gasteiger partial charge in [0, 0.05) is 24.6 Å². The van der Waals surface area contributed by atoms with Crippen LogP contribution in [-0.2, 0) is 7.05 Å². The van der Waals surface area contributed by atoms with E-state index in [2.05, 4.69) is 16.7 Å². The Morgan fingerprint density at radius 2 is 1.42 bits per heavy atom. The van der Waals surface area contributed by atoms with Gasteiger partial charge in [-0.2, -0.15) is 0 Å². The van der Waals surface area contributed by atoms with Crippen molar-refractivity contribution in [2.24, 2.45) is 7.05 Å². The Hall–Kier alpha value is -2.82. The zero-order valence-corrected chi connectivity index (χ0v) is 15.8. The van der Waals surface area contributed by atoms with Crippen molar-refractivity contribution in [3.63, 3.8) is 0 Å². The van der Waals surface area contributed by atoms with Crippen molar-refractivity contribution in [2.45, 2.75) is 39.9 Å². The van der Waals surface area contributed by atoms with E-state index >= 15 is 0 Å². The maximum absolute atomic E-state index is 5.96. The van der Waals surface area contributed by atoms with Crippen LogP contribution in [0.1, 0.15) is 27.7 Å². The number of para-hydroxylation sites is 1. The topological polar surface area (TPSA) is 49.2 Å². The smallest absolute Gasteiger partial charge is 0.163 e. The highest BCUT2D eigenvalue weighted by Crippen LogP contribution is 2.35. The lowest BCUT2D eigenvalue weighted by molar-refractivity contribution is 0.199. The van der Waals surface area contributed by atoms with E-state index in [1.807, 2.05) is 59.0 Å². The molecule has 2 aromatic heterocycles. The quantitative estimate of drug-likeness (QED) is 0.528. The van der Waals surface area contributed by atoms with Gasteiger partial charge < -0.3 is 14.0 Å². The molecule has 0 aliphatic carbocycles. The highest BCUT2D eigenvalue weighted by atomic mass is 16.5. The minimum atomic E-state index is 0.0520. The Kier molecular flexibility index (Phi) is 3.94. The van der Waals surface area contributed by atoms with E-state index in [-0.39, 0.29) is 12.2 Å². The summed E-state index contributed by atoms with van der Waals surface area (Å²) in [5.74, 6) is 1.41. The van der Waals surface area contributed by atoms with E-state index in [1.54, 1.807) is 0 Å². The first-order chi connectivity index (χ1) is 12.4. The molecule has 0 radical (unpaired) electrons. The van der Waals surface area contributed by atoms with Gasteiger partial charge in [-0.05, 0) is 33.8 Å². The first-order valence-corrected chi connectivity index (χ1v) is 8.96. The number of rotatable bonds is 4. The molecule has 0 spiro atoms. The van der Waals surface area contributed by atoms with Crippen LogP contribution in [0, 0.1) is 0 Å². The maximum atomic E-state index is 5.96. The number of aryl methyl sites for hydroxylation is 1. The molecule has 0 bridgehead atoms. The summed E-state index contributed by atoms with van der Waals surface area (Å²) < 4.78 is 14.0. The number of benzene rings is 2. The Balaban J connectivity index is 2.01. The average Bonchev–Trinajstić information content (AvgIpc) is 2.85. The van der Waals surface area contributed by atoms with Crippen molar-refractivity contribution in [3.8, 4) is 11.5 Å². The standard InChI is InChI=1S/C21H23N3O2/c1-12(2)25-18-10-15-16(11-19(18)26-13(3)4)23-21-20(22-15)14-8-6-7-9-17(14)24(21)5/h6-13H,1-5H3. The molecule has 0 N–H and O–H groups in total. The zero-order chi connectivity index (χ0) is 18.4. The lowest BCUT2D eigenvalue weighted by Gasteiger charge is -2.17. The molecule has 0 unspecified atom stereocenters. The molecule has 0 aliphatic heterocycles. The SMILES string of the molecule is CC(C)Oc1cc2nc3c4ccccc4n(C)c3nc2cc1OC(C)C. The van der Waals surface area contributed by atoms with Crippen LogP contribution in [0.25, 0.3) is 33.1 Å². The van der Waals surface area contributed by atoms with Crippen molar-refractivity contribution >= 4 is 33.1 Å². The third kappa shape index (κ3) is 2.73. The van der Waals surface area contributed by atoms with Crippen LogP contribution in [0.4, 0.5) is 0 Å². The second-order valence-electron chi connectivity index (χ2n) is 7.09.